The fraction of sp³-hybridized carbons (Fsp3) is 0.667. The second-order valence-electron chi connectivity index (χ2n) is 3.87. The third-order valence-corrected chi connectivity index (χ3v) is 2.15. The summed E-state index contributed by atoms with van der Waals surface area (Å²) in [6, 6.07) is 1.96. The summed E-state index contributed by atoms with van der Waals surface area (Å²) in [6.45, 7) is 8.40. The Kier molecular flexibility index (Phi) is 5.78. The molecule has 1 aromatic rings. The van der Waals surface area contributed by atoms with Gasteiger partial charge in [0, 0.05) is 24.5 Å². The molecule has 0 aliphatic heterocycles. The van der Waals surface area contributed by atoms with Gasteiger partial charge in [-0.3, -0.25) is 0 Å². The topological polar surface area (TPSA) is 47.0 Å². The van der Waals surface area contributed by atoms with Crippen LogP contribution in [0.15, 0.2) is 6.07 Å². The Bertz CT molecular complexity index is 295. The minimum absolute atomic E-state index is 0.691. The Balaban J connectivity index is 2.21. The quantitative estimate of drug-likeness (QED) is 0.721. The van der Waals surface area contributed by atoms with E-state index in [1.807, 2.05) is 19.9 Å². The van der Waals surface area contributed by atoms with Crippen molar-refractivity contribution in [2.24, 2.45) is 0 Å². The molecular formula is C12H21N3O. The Labute approximate surface area is 97.5 Å². The number of aromatic nitrogens is 2. The second kappa shape index (κ2) is 7.17. The molecule has 1 rings (SSSR count). The molecule has 0 saturated carbocycles. The first-order valence-corrected chi connectivity index (χ1v) is 5.86. The van der Waals surface area contributed by atoms with E-state index in [4.69, 9.17) is 4.74 Å². The standard InChI is InChI=1S/C12H21N3O/c1-4-5-7-16-8-6-13-12-14-10(2)9-11(3)15-12/h9H,4-8H2,1-3H3,(H,13,14,15). The summed E-state index contributed by atoms with van der Waals surface area (Å²) in [7, 11) is 0. The van der Waals surface area contributed by atoms with Crippen LogP contribution in [0.5, 0.6) is 0 Å². The summed E-state index contributed by atoms with van der Waals surface area (Å²) in [5, 5.41) is 3.16. The van der Waals surface area contributed by atoms with Crippen LogP contribution in [0.2, 0.25) is 0 Å². The largest absolute Gasteiger partial charge is 0.380 e. The van der Waals surface area contributed by atoms with Gasteiger partial charge in [-0.05, 0) is 26.3 Å². The maximum absolute atomic E-state index is 5.44. The molecule has 1 N–H and O–H groups in total. The van der Waals surface area contributed by atoms with Crippen LogP contribution in [0.3, 0.4) is 0 Å². The normalized spacial score (nSPS) is 10.4. The number of ether oxygens (including phenoxy) is 1. The van der Waals surface area contributed by atoms with Crippen molar-refractivity contribution < 1.29 is 4.74 Å². The predicted molar refractivity (Wildman–Crippen MR) is 65.7 cm³/mol. The molecule has 0 aliphatic rings. The number of unbranched alkanes of at least 4 members (excludes halogenated alkanes) is 1. The summed E-state index contributed by atoms with van der Waals surface area (Å²) < 4.78 is 5.44. The van der Waals surface area contributed by atoms with Crippen LogP contribution in [0.25, 0.3) is 0 Å². The molecule has 0 fully saturated rings. The smallest absolute Gasteiger partial charge is 0.223 e. The summed E-state index contributed by atoms with van der Waals surface area (Å²) in [4.78, 5) is 8.58. The fourth-order valence-corrected chi connectivity index (χ4v) is 1.39. The van der Waals surface area contributed by atoms with E-state index in [1.165, 1.54) is 6.42 Å². The zero-order valence-electron chi connectivity index (χ0n) is 10.4. The van der Waals surface area contributed by atoms with E-state index in [1.54, 1.807) is 0 Å². The first-order chi connectivity index (χ1) is 7.72. The monoisotopic (exact) mass is 223 g/mol. The third-order valence-electron chi connectivity index (χ3n) is 2.15. The highest BCUT2D eigenvalue weighted by molar-refractivity contribution is 5.27. The van der Waals surface area contributed by atoms with E-state index in [2.05, 4.69) is 22.2 Å². The number of nitrogens with one attached hydrogen (secondary N) is 1. The summed E-state index contributed by atoms with van der Waals surface area (Å²) in [5.74, 6) is 0.691. The Morgan fingerprint density at radius 3 is 2.50 bits per heavy atom. The van der Waals surface area contributed by atoms with Gasteiger partial charge in [0.2, 0.25) is 5.95 Å². The van der Waals surface area contributed by atoms with E-state index in [9.17, 15) is 0 Å². The fourth-order valence-electron chi connectivity index (χ4n) is 1.39. The highest BCUT2D eigenvalue weighted by atomic mass is 16.5. The highest BCUT2D eigenvalue weighted by Gasteiger charge is 1.97. The minimum atomic E-state index is 0.691. The van der Waals surface area contributed by atoms with Gasteiger partial charge in [0.15, 0.2) is 0 Å². The number of hydrogen-bond acceptors (Lipinski definition) is 4. The maximum Gasteiger partial charge on any atom is 0.223 e. The van der Waals surface area contributed by atoms with E-state index in [0.29, 0.717) is 12.6 Å². The average molecular weight is 223 g/mol. The van der Waals surface area contributed by atoms with Crippen molar-refractivity contribution in [3.63, 3.8) is 0 Å². The first-order valence-electron chi connectivity index (χ1n) is 5.86. The van der Waals surface area contributed by atoms with Crippen LogP contribution in [0.1, 0.15) is 31.2 Å². The molecule has 4 nitrogen and oxygen atoms in total. The lowest BCUT2D eigenvalue weighted by molar-refractivity contribution is 0.141. The van der Waals surface area contributed by atoms with Crippen LogP contribution >= 0.6 is 0 Å². The number of rotatable bonds is 7. The van der Waals surface area contributed by atoms with Crippen molar-refractivity contribution in [3.8, 4) is 0 Å². The Morgan fingerprint density at radius 1 is 1.19 bits per heavy atom. The molecule has 0 aromatic carbocycles. The van der Waals surface area contributed by atoms with E-state index >= 15 is 0 Å². The second-order valence-corrected chi connectivity index (χ2v) is 3.87. The maximum atomic E-state index is 5.44. The lowest BCUT2D eigenvalue weighted by Crippen LogP contribution is -2.12. The van der Waals surface area contributed by atoms with Crippen molar-refractivity contribution in [1.29, 1.82) is 0 Å². The molecular weight excluding hydrogens is 202 g/mol. The van der Waals surface area contributed by atoms with Crippen LogP contribution in [0, 0.1) is 13.8 Å². The van der Waals surface area contributed by atoms with Gasteiger partial charge in [0.05, 0.1) is 6.61 Å². The molecule has 0 unspecified atom stereocenters. The number of aryl methyl sites for hydroxylation is 2. The molecule has 0 aliphatic carbocycles. The first kappa shape index (κ1) is 12.9. The van der Waals surface area contributed by atoms with Gasteiger partial charge >= 0.3 is 0 Å². The lowest BCUT2D eigenvalue weighted by Gasteiger charge is -2.07. The summed E-state index contributed by atoms with van der Waals surface area (Å²) in [6.07, 6.45) is 2.30. The average Bonchev–Trinajstić information content (AvgIpc) is 2.22. The molecule has 0 spiro atoms. The molecule has 90 valence electrons. The van der Waals surface area contributed by atoms with Crippen molar-refractivity contribution in [2.45, 2.75) is 33.6 Å². The Morgan fingerprint density at radius 2 is 1.88 bits per heavy atom. The zero-order chi connectivity index (χ0) is 11.8. The number of anilines is 1. The van der Waals surface area contributed by atoms with Gasteiger partial charge in [0.1, 0.15) is 0 Å². The van der Waals surface area contributed by atoms with E-state index in [0.717, 1.165) is 31.0 Å². The number of hydrogen-bond donors (Lipinski definition) is 1. The van der Waals surface area contributed by atoms with Crippen molar-refractivity contribution >= 4 is 5.95 Å². The van der Waals surface area contributed by atoms with E-state index < -0.39 is 0 Å². The lowest BCUT2D eigenvalue weighted by atomic mass is 10.4. The van der Waals surface area contributed by atoms with Crippen LogP contribution in [-0.4, -0.2) is 29.7 Å². The van der Waals surface area contributed by atoms with Gasteiger partial charge in [-0.1, -0.05) is 13.3 Å². The van der Waals surface area contributed by atoms with Gasteiger partial charge in [-0.25, -0.2) is 9.97 Å². The molecule has 0 saturated heterocycles. The molecule has 0 radical (unpaired) electrons. The molecule has 16 heavy (non-hydrogen) atoms. The predicted octanol–water partition coefficient (Wildman–Crippen LogP) is 2.32. The molecule has 0 atom stereocenters. The van der Waals surface area contributed by atoms with Gasteiger partial charge in [0.25, 0.3) is 0 Å². The van der Waals surface area contributed by atoms with Gasteiger partial charge in [-0.15, -0.1) is 0 Å². The van der Waals surface area contributed by atoms with Gasteiger partial charge in [-0.2, -0.15) is 0 Å². The summed E-state index contributed by atoms with van der Waals surface area (Å²) >= 11 is 0. The van der Waals surface area contributed by atoms with Crippen LogP contribution in [-0.2, 0) is 4.74 Å². The molecule has 0 amide bonds. The highest BCUT2D eigenvalue weighted by Crippen LogP contribution is 2.02. The van der Waals surface area contributed by atoms with Crippen molar-refractivity contribution in [1.82, 2.24) is 9.97 Å². The molecule has 1 aromatic heterocycles. The summed E-state index contributed by atoms with van der Waals surface area (Å²) in [5.41, 5.74) is 1.98. The SMILES string of the molecule is CCCCOCCNc1nc(C)cc(C)n1. The minimum Gasteiger partial charge on any atom is -0.380 e. The molecule has 4 heteroatoms. The number of nitrogens with zero attached hydrogens (tertiary/aromatic N) is 2. The van der Waals surface area contributed by atoms with Crippen molar-refractivity contribution in [2.75, 3.05) is 25.1 Å². The van der Waals surface area contributed by atoms with Gasteiger partial charge < -0.3 is 10.1 Å². The third kappa shape index (κ3) is 5.07. The molecule has 1 heterocycles. The van der Waals surface area contributed by atoms with Crippen LogP contribution < -0.4 is 5.32 Å². The Hall–Kier alpha value is -1.16. The van der Waals surface area contributed by atoms with E-state index in [-0.39, 0.29) is 0 Å². The molecule has 0 bridgehead atoms. The van der Waals surface area contributed by atoms with Crippen LogP contribution in [0.4, 0.5) is 5.95 Å². The van der Waals surface area contributed by atoms with Crippen molar-refractivity contribution in [3.05, 3.63) is 17.5 Å². The zero-order valence-corrected chi connectivity index (χ0v) is 10.4.